The summed E-state index contributed by atoms with van der Waals surface area (Å²) in [6, 6.07) is 6.40. The highest BCUT2D eigenvalue weighted by molar-refractivity contribution is 9.10. The second-order valence-electron chi connectivity index (χ2n) is 4.64. The van der Waals surface area contributed by atoms with Crippen LogP contribution in [0.15, 0.2) is 22.7 Å². The van der Waals surface area contributed by atoms with Crippen molar-refractivity contribution in [3.8, 4) is 5.75 Å². The summed E-state index contributed by atoms with van der Waals surface area (Å²) in [5.74, 6) is 0.325. The molecule has 2 nitrogen and oxygen atoms in total. The Kier molecular flexibility index (Phi) is 4.81. The van der Waals surface area contributed by atoms with Gasteiger partial charge >= 0.3 is 0 Å². The third-order valence-electron chi connectivity index (χ3n) is 2.71. The van der Waals surface area contributed by atoms with Crippen molar-refractivity contribution in [3.05, 3.63) is 28.2 Å². The van der Waals surface area contributed by atoms with Crippen LogP contribution in [0, 0.1) is 0 Å². The Morgan fingerprint density at radius 1 is 1.19 bits per heavy atom. The first-order valence-corrected chi connectivity index (χ1v) is 6.44. The molecule has 0 aromatic heterocycles. The van der Waals surface area contributed by atoms with Gasteiger partial charge in [-0.25, -0.2) is 0 Å². The number of phenolic OH excluding ortho intramolecular Hbond substituents is 1. The zero-order valence-electron chi connectivity index (χ0n) is 10.4. The van der Waals surface area contributed by atoms with Crippen LogP contribution >= 0.6 is 15.9 Å². The molecule has 3 heteroatoms. The highest BCUT2D eigenvalue weighted by Gasteiger charge is 2.15. The molecule has 0 aliphatic rings. The average molecular weight is 286 g/mol. The summed E-state index contributed by atoms with van der Waals surface area (Å²) in [6.07, 6.45) is 0. The largest absolute Gasteiger partial charge is 0.508 e. The van der Waals surface area contributed by atoms with Crippen molar-refractivity contribution >= 4 is 15.9 Å². The second-order valence-corrected chi connectivity index (χ2v) is 5.49. The third-order valence-corrected chi connectivity index (χ3v) is 3.48. The predicted octanol–water partition coefficient (Wildman–Crippen LogP) is 3.77. The lowest BCUT2D eigenvalue weighted by molar-refractivity contribution is 0.165. The van der Waals surface area contributed by atoms with E-state index >= 15 is 0 Å². The van der Waals surface area contributed by atoms with Gasteiger partial charge in [-0.15, -0.1) is 0 Å². The number of nitrogens with zero attached hydrogens (tertiary/aromatic N) is 1. The summed E-state index contributed by atoms with van der Waals surface area (Å²) < 4.78 is 1.05. The molecule has 1 aromatic carbocycles. The van der Waals surface area contributed by atoms with E-state index in [0.29, 0.717) is 17.8 Å². The molecule has 0 saturated carbocycles. The standard InChI is InChI=1S/C13H20BrNO/c1-9(2)15(10(3)4)8-11-7-12(16)5-6-13(11)14/h5-7,9-10,16H,8H2,1-4H3. The first kappa shape index (κ1) is 13.5. The fraction of sp³-hybridized carbons (Fsp3) is 0.538. The van der Waals surface area contributed by atoms with Gasteiger partial charge in [-0.2, -0.15) is 0 Å². The molecule has 0 spiro atoms. The lowest BCUT2D eigenvalue weighted by Gasteiger charge is -2.30. The lowest BCUT2D eigenvalue weighted by atomic mass is 10.1. The number of phenols is 1. The summed E-state index contributed by atoms with van der Waals surface area (Å²) in [7, 11) is 0. The van der Waals surface area contributed by atoms with Gasteiger partial charge in [-0.3, -0.25) is 4.90 Å². The monoisotopic (exact) mass is 285 g/mol. The van der Waals surface area contributed by atoms with E-state index in [1.54, 1.807) is 6.07 Å². The average Bonchev–Trinajstić information content (AvgIpc) is 2.18. The van der Waals surface area contributed by atoms with Crippen LogP contribution in [0.4, 0.5) is 0 Å². The Bertz CT molecular complexity index is 342. The van der Waals surface area contributed by atoms with E-state index in [4.69, 9.17) is 0 Å². The molecule has 0 fully saturated rings. The van der Waals surface area contributed by atoms with Crippen LogP contribution in [0.2, 0.25) is 0 Å². The molecule has 0 atom stereocenters. The molecular formula is C13H20BrNO. The van der Waals surface area contributed by atoms with Crippen molar-refractivity contribution in [2.75, 3.05) is 0 Å². The molecule has 1 N–H and O–H groups in total. The van der Waals surface area contributed by atoms with Gasteiger partial charge in [0.15, 0.2) is 0 Å². The van der Waals surface area contributed by atoms with Crippen LogP contribution in [0.1, 0.15) is 33.3 Å². The zero-order valence-corrected chi connectivity index (χ0v) is 12.0. The van der Waals surface area contributed by atoms with Gasteiger partial charge in [0.2, 0.25) is 0 Å². The van der Waals surface area contributed by atoms with E-state index in [1.807, 2.05) is 12.1 Å². The number of benzene rings is 1. The quantitative estimate of drug-likeness (QED) is 0.910. The Morgan fingerprint density at radius 2 is 1.75 bits per heavy atom. The van der Waals surface area contributed by atoms with E-state index in [0.717, 1.165) is 16.6 Å². The fourth-order valence-electron chi connectivity index (χ4n) is 1.84. The molecule has 0 aliphatic carbocycles. The maximum absolute atomic E-state index is 9.49. The molecule has 0 radical (unpaired) electrons. The lowest BCUT2D eigenvalue weighted by Crippen LogP contribution is -2.36. The van der Waals surface area contributed by atoms with Crippen LogP contribution < -0.4 is 0 Å². The van der Waals surface area contributed by atoms with Crippen LogP contribution in [0.3, 0.4) is 0 Å². The molecule has 0 heterocycles. The zero-order chi connectivity index (χ0) is 12.3. The molecule has 16 heavy (non-hydrogen) atoms. The molecule has 0 amide bonds. The highest BCUT2D eigenvalue weighted by Crippen LogP contribution is 2.24. The van der Waals surface area contributed by atoms with Crippen molar-refractivity contribution in [2.24, 2.45) is 0 Å². The molecule has 1 rings (SSSR count). The van der Waals surface area contributed by atoms with Gasteiger partial charge in [0.25, 0.3) is 0 Å². The van der Waals surface area contributed by atoms with Gasteiger partial charge in [0.05, 0.1) is 0 Å². The summed E-state index contributed by atoms with van der Waals surface area (Å²) >= 11 is 3.52. The van der Waals surface area contributed by atoms with Gasteiger partial charge < -0.3 is 5.11 Å². The van der Waals surface area contributed by atoms with Crippen LogP contribution in [0.25, 0.3) is 0 Å². The normalized spacial score (nSPS) is 11.8. The molecule has 0 unspecified atom stereocenters. The number of hydrogen-bond acceptors (Lipinski definition) is 2. The number of halogens is 1. The Hall–Kier alpha value is -0.540. The molecule has 90 valence electrons. The minimum Gasteiger partial charge on any atom is -0.508 e. The van der Waals surface area contributed by atoms with E-state index in [2.05, 4.69) is 48.5 Å². The summed E-state index contributed by atoms with van der Waals surface area (Å²) in [5, 5.41) is 9.49. The first-order chi connectivity index (χ1) is 7.41. The number of rotatable bonds is 4. The molecule has 1 aromatic rings. The molecule has 0 saturated heterocycles. The minimum absolute atomic E-state index is 0.325. The van der Waals surface area contributed by atoms with Gasteiger partial charge in [0.1, 0.15) is 5.75 Å². The minimum atomic E-state index is 0.325. The van der Waals surface area contributed by atoms with E-state index in [-0.39, 0.29) is 0 Å². The van der Waals surface area contributed by atoms with Crippen molar-refractivity contribution in [2.45, 2.75) is 46.3 Å². The molecule has 0 aliphatic heterocycles. The maximum Gasteiger partial charge on any atom is 0.115 e. The Balaban J connectivity index is 2.89. The number of hydrogen-bond donors (Lipinski definition) is 1. The summed E-state index contributed by atoms with van der Waals surface area (Å²) in [5.41, 5.74) is 1.13. The number of aromatic hydroxyl groups is 1. The topological polar surface area (TPSA) is 23.5 Å². The maximum atomic E-state index is 9.49. The van der Waals surface area contributed by atoms with Crippen molar-refractivity contribution < 1.29 is 5.11 Å². The Morgan fingerprint density at radius 3 is 2.25 bits per heavy atom. The Labute approximate surface area is 106 Å². The molecule has 0 bridgehead atoms. The fourth-order valence-corrected chi connectivity index (χ4v) is 2.21. The van der Waals surface area contributed by atoms with E-state index < -0.39 is 0 Å². The van der Waals surface area contributed by atoms with E-state index in [9.17, 15) is 5.11 Å². The summed E-state index contributed by atoms with van der Waals surface area (Å²) in [4.78, 5) is 2.39. The van der Waals surface area contributed by atoms with E-state index in [1.165, 1.54) is 0 Å². The van der Waals surface area contributed by atoms with Crippen LogP contribution in [-0.2, 0) is 6.54 Å². The van der Waals surface area contributed by atoms with Crippen LogP contribution in [0.5, 0.6) is 5.75 Å². The molecular weight excluding hydrogens is 266 g/mol. The highest BCUT2D eigenvalue weighted by atomic mass is 79.9. The van der Waals surface area contributed by atoms with Crippen molar-refractivity contribution in [1.29, 1.82) is 0 Å². The van der Waals surface area contributed by atoms with Gasteiger partial charge in [-0.05, 0) is 51.5 Å². The van der Waals surface area contributed by atoms with Crippen molar-refractivity contribution in [1.82, 2.24) is 4.90 Å². The third kappa shape index (κ3) is 3.49. The smallest absolute Gasteiger partial charge is 0.115 e. The second kappa shape index (κ2) is 5.69. The summed E-state index contributed by atoms with van der Waals surface area (Å²) in [6.45, 7) is 9.62. The first-order valence-electron chi connectivity index (χ1n) is 5.65. The SMILES string of the molecule is CC(C)N(Cc1cc(O)ccc1Br)C(C)C. The van der Waals surface area contributed by atoms with Gasteiger partial charge in [0, 0.05) is 23.1 Å². The van der Waals surface area contributed by atoms with Crippen LogP contribution in [-0.4, -0.2) is 22.1 Å². The predicted molar refractivity (Wildman–Crippen MR) is 71.6 cm³/mol. The van der Waals surface area contributed by atoms with Crippen molar-refractivity contribution in [3.63, 3.8) is 0 Å². The van der Waals surface area contributed by atoms with Gasteiger partial charge in [-0.1, -0.05) is 15.9 Å².